The summed E-state index contributed by atoms with van der Waals surface area (Å²) in [6, 6.07) is 8.99. The number of hydrogen-bond donors (Lipinski definition) is 1. The Morgan fingerprint density at radius 1 is 1.42 bits per heavy atom. The third-order valence-electron chi connectivity index (χ3n) is 1.52. The van der Waals surface area contributed by atoms with E-state index in [0.717, 1.165) is 5.56 Å². The number of aromatic hydroxyl groups is 1. The van der Waals surface area contributed by atoms with Crippen LogP contribution in [-0.2, 0) is 6.42 Å². The molecule has 0 aromatic heterocycles. The van der Waals surface area contributed by atoms with E-state index in [1.807, 2.05) is 18.2 Å². The highest BCUT2D eigenvalue weighted by atomic mass is 16.3. The lowest BCUT2D eigenvalue weighted by atomic mass is 10.1. The van der Waals surface area contributed by atoms with Crippen molar-refractivity contribution in [1.82, 2.24) is 0 Å². The Hall–Kier alpha value is -1.75. The van der Waals surface area contributed by atoms with E-state index in [-0.39, 0.29) is 5.75 Å². The largest absolute Gasteiger partial charge is 0.508 e. The maximum Gasteiger partial charge on any atom is 0.119 e. The lowest BCUT2D eigenvalue weighted by molar-refractivity contribution is 0.470. The number of para-hydroxylation sites is 1. The van der Waals surface area contributed by atoms with Gasteiger partial charge >= 0.3 is 0 Å². The van der Waals surface area contributed by atoms with Crippen LogP contribution in [0.5, 0.6) is 5.75 Å². The molecule has 1 aromatic carbocycles. The lowest BCUT2D eigenvalue weighted by Crippen LogP contribution is -1.80. The molecule has 0 heterocycles. The van der Waals surface area contributed by atoms with E-state index >= 15 is 0 Å². The van der Waals surface area contributed by atoms with Crippen LogP contribution in [0.3, 0.4) is 0 Å². The maximum atomic E-state index is 9.29. The molecule has 60 valence electrons. The van der Waals surface area contributed by atoms with Gasteiger partial charge in [-0.2, -0.15) is 5.26 Å². The average Bonchev–Trinajstić information content (AvgIpc) is 2.09. The van der Waals surface area contributed by atoms with Crippen molar-refractivity contribution in [1.29, 1.82) is 5.26 Å². The molecule has 0 unspecified atom stereocenters. The number of allylic oxidation sites excluding steroid dienone is 2. The minimum atomic E-state index is 0.278. The van der Waals surface area contributed by atoms with Gasteiger partial charge in [0.25, 0.3) is 0 Å². The van der Waals surface area contributed by atoms with Gasteiger partial charge in [-0.05, 0) is 18.1 Å². The summed E-state index contributed by atoms with van der Waals surface area (Å²) in [5.41, 5.74) is 0.837. The molecular weight excluding hydrogens is 150 g/mol. The summed E-state index contributed by atoms with van der Waals surface area (Å²) in [6.07, 6.45) is 3.72. The third-order valence-corrected chi connectivity index (χ3v) is 1.52. The molecule has 2 nitrogen and oxygen atoms in total. The molecule has 12 heavy (non-hydrogen) atoms. The second-order valence-electron chi connectivity index (χ2n) is 2.36. The fraction of sp³-hybridized carbons (Fsp3) is 0.100. The van der Waals surface area contributed by atoms with E-state index in [9.17, 15) is 5.11 Å². The van der Waals surface area contributed by atoms with Crippen LogP contribution < -0.4 is 0 Å². The first kappa shape index (κ1) is 8.35. The van der Waals surface area contributed by atoms with Gasteiger partial charge in [-0.1, -0.05) is 24.3 Å². The van der Waals surface area contributed by atoms with Gasteiger partial charge in [0.1, 0.15) is 5.75 Å². The molecule has 0 spiro atoms. The van der Waals surface area contributed by atoms with Gasteiger partial charge in [-0.15, -0.1) is 0 Å². The molecule has 0 amide bonds. The van der Waals surface area contributed by atoms with Crippen LogP contribution in [-0.4, -0.2) is 5.11 Å². The standard InChI is InChI=1S/C10H9NO/c11-8-4-3-6-9-5-1-2-7-10(9)12/h1-5,7,12H,6H2/b4-3+. The highest BCUT2D eigenvalue weighted by molar-refractivity contribution is 5.33. The van der Waals surface area contributed by atoms with Crippen LogP contribution in [0.25, 0.3) is 0 Å². The summed E-state index contributed by atoms with van der Waals surface area (Å²) in [4.78, 5) is 0. The summed E-state index contributed by atoms with van der Waals surface area (Å²) in [5.74, 6) is 0.278. The quantitative estimate of drug-likeness (QED) is 0.671. The Morgan fingerprint density at radius 3 is 2.83 bits per heavy atom. The van der Waals surface area contributed by atoms with Gasteiger partial charge < -0.3 is 5.11 Å². The van der Waals surface area contributed by atoms with Gasteiger partial charge in [0.15, 0.2) is 0 Å². The van der Waals surface area contributed by atoms with Gasteiger partial charge in [0.05, 0.1) is 6.07 Å². The molecule has 0 aliphatic carbocycles. The molecule has 0 aliphatic heterocycles. The lowest BCUT2D eigenvalue weighted by Gasteiger charge is -1.98. The zero-order valence-corrected chi connectivity index (χ0v) is 6.57. The summed E-state index contributed by atoms with van der Waals surface area (Å²) in [5, 5.41) is 17.5. The molecule has 1 N–H and O–H groups in total. The first-order valence-electron chi connectivity index (χ1n) is 3.66. The van der Waals surface area contributed by atoms with Crippen LogP contribution in [0.1, 0.15) is 5.56 Å². The molecule has 0 saturated carbocycles. The van der Waals surface area contributed by atoms with E-state index in [4.69, 9.17) is 5.26 Å². The molecule has 0 atom stereocenters. The number of nitrogens with zero attached hydrogens (tertiary/aromatic N) is 1. The molecule has 0 bridgehead atoms. The van der Waals surface area contributed by atoms with E-state index in [1.54, 1.807) is 18.2 Å². The minimum Gasteiger partial charge on any atom is -0.508 e. The highest BCUT2D eigenvalue weighted by Crippen LogP contribution is 2.15. The number of nitriles is 1. The number of rotatable bonds is 2. The van der Waals surface area contributed by atoms with Crippen molar-refractivity contribution < 1.29 is 5.11 Å². The Labute approximate surface area is 71.4 Å². The van der Waals surface area contributed by atoms with Crippen LogP contribution in [0.2, 0.25) is 0 Å². The molecule has 0 saturated heterocycles. The van der Waals surface area contributed by atoms with Crippen LogP contribution in [0.4, 0.5) is 0 Å². The van der Waals surface area contributed by atoms with Crippen LogP contribution >= 0.6 is 0 Å². The molecule has 2 heteroatoms. The molecule has 0 fully saturated rings. The number of benzene rings is 1. The van der Waals surface area contributed by atoms with Crippen LogP contribution in [0, 0.1) is 11.3 Å². The fourth-order valence-electron chi connectivity index (χ4n) is 0.922. The molecule has 0 aliphatic rings. The smallest absolute Gasteiger partial charge is 0.119 e. The van der Waals surface area contributed by atoms with E-state index in [2.05, 4.69) is 0 Å². The molecule has 1 rings (SSSR count). The average molecular weight is 159 g/mol. The van der Waals surface area contributed by atoms with Crippen molar-refractivity contribution in [2.75, 3.05) is 0 Å². The Morgan fingerprint density at radius 2 is 2.17 bits per heavy atom. The monoisotopic (exact) mass is 159 g/mol. The Balaban J connectivity index is 2.71. The first-order valence-corrected chi connectivity index (χ1v) is 3.66. The van der Waals surface area contributed by atoms with Crippen molar-refractivity contribution in [2.24, 2.45) is 0 Å². The van der Waals surface area contributed by atoms with E-state index < -0.39 is 0 Å². The summed E-state index contributed by atoms with van der Waals surface area (Å²) in [6.45, 7) is 0. The summed E-state index contributed by atoms with van der Waals surface area (Å²) < 4.78 is 0. The Bertz CT molecular complexity index is 323. The van der Waals surface area contributed by atoms with Crippen LogP contribution in [0.15, 0.2) is 36.4 Å². The second-order valence-corrected chi connectivity index (χ2v) is 2.36. The summed E-state index contributed by atoms with van der Waals surface area (Å²) >= 11 is 0. The van der Waals surface area contributed by atoms with Crippen molar-refractivity contribution in [3.8, 4) is 11.8 Å². The summed E-state index contributed by atoms with van der Waals surface area (Å²) in [7, 11) is 0. The molecular formula is C10H9NO. The molecule has 0 radical (unpaired) electrons. The zero-order valence-electron chi connectivity index (χ0n) is 6.57. The highest BCUT2D eigenvalue weighted by Gasteiger charge is 1.94. The van der Waals surface area contributed by atoms with E-state index in [0.29, 0.717) is 6.42 Å². The van der Waals surface area contributed by atoms with Crippen molar-refractivity contribution >= 4 is 0 Å². The maximum absolute atomic E-state index is 9.29. The van der Waals surface area contributed by atoms with E-state index in [1.165, 1.54) is 6.08 Å². The predicted molar refractivity (Wildman–Crippen MR) is 46.6 cm³/mol. The number of hydrogen-bond acceptors (Lipinski definition) is 2. The van der Waals surface area contributed by atoms with Gasteiger partial charge in [-0.25, -0.2) is 0 Å². The minimum absolute atomic E-state index is 0.278. The predicted octanol–water partition coefficient (Wildman–Crippen LogP) is 2.01. The normalized spacial score (nSPS) is 9.92. The van der Waals surface area contributed by atoms with Gasteiger partial charge in [-0.3, -0.25) is 0 Å². The van der Waals surface area contributed by atoms with Gasteiger partial charge in [0.2, 0.25) is 0 Å². The zero-order chi connectivity index (χ0) is 8.81. The van der Waals surface area contributed by atoms with Gasteiger partial charge in [0, 0.05) is 6.08 Å². The third kappa shape index (κ3) is 2.14. The number of phenols is 1. The second kappa shape index (κ2) is 4.20. The number of phenolic OH excluding ortho intramolecular Hbond substituents is 1. The Kier molecular flexibility index (Phi) is 2.92. The SMILES string of the molecule is N#C/C=C/Cc1ccccc1O. The van der Waals surface area contributed by atoms with Crippen molar-refractivity contribution in [2.45, 2.75) is 6.42 Å². The topological polar surface area (TPSA) is 44.0 Å². The van der Waals surface area contributed by atoms with Crippen molar-refractivity contribution in [3.05, 3.63) is 42.0 Å². The fourth-order valence-corrected chi connectivity index (χ4v) is 0.922. The first-order chi connectivity index (χ1) is 5.84. The molecule has 1 aromatic rings. The van der Waals surface area contributed by atoms with Crippen molar-refractivity contribution in [3.63, 3.8) is 0 Å².